The fourth-order valence-electron chi connectivity index (χ4n) is 3.53. The largest absolute Gasteiger partial charge is 0.246 e. The first kappa shape index (κ1) is 12.7. The lowest BCUT2D eigenvalue weighted by Crippen LogP contribution is -2.40. The summed E-state index contributed by atoms with van der Waals surface area (Å²) in [5.74, 6) is 2.07. The molecule has 0 heterocycles. The molecule has 2 heteroatoms. The second-order valence-corrected chi connectivity index (χ2v) is 6.63. The van der Waals surface area contributed by atoms with Gasteiger partial charge in [0.05, 0.1) is 5.38 Å². The first-order valence-corrected chi connectivity index (χ1v) is 7.31. The van der Waals surface area contributed by atoms with Gasteiger partial charge in [-0.05, 0) is 49.4 Å². The molecule has 2 aliphatic carbocycles. The van der Waals surface area contributed by atoms with Crippen LogP contribution >= 0.6 is 11.6 Å². The molecule has 4 atom stereocenters. The SMILES string of the molecule is CC1CCC(C2CCC(C)C(Cl)C2F)CC1. The van der Waals surface area contributed by atoms with Crippen LogP contribution in [-0.4, -0.2) is 11.5 Å². The van der Waals surface area contributed by atoms with Crippen molar-refractivity contribution in [3.63, 3.8) is 0 Å². The Bertz CT molecular complexity index is 223. The summed E-state index contributed by atoms with van der Waals surface area (Å²) in [4.78, 5) is 0. The van der Waals surface area contributed by atoms with Gasteiger partial charge in [0.1, 0.15) is 6.17 Å². The van der Waals surface area contributed by atoms with Gasteiger partial charge in [-0.1, -0.05) is 26.7 Å². The molecule has 0 N–H and O–H groups in total. The molecule has 2 aliphatic rings. The Morgan fingerprint density at radius 2 is 1.56 bits per heavy atom. The van der Waals surface area contributed by atoms with Gasteiger partial charge in [-0.3, -0.25) is 0 Å². The van der Waals surface area contributed by atoms with Crippen LogP contribution in [0.2, 0.25) is 0 Å². The molecule has 2 fully saturated rings. The van der Waals surface area contributed by atoms with Crippen LogP contribution < -0.4 is 0 Å². The fraction of sp³-hybridized carbons (Fsp3) is 1.00. The number of rotatable bonds is 1. The van der Waals surface area contributed by atoms with Gasteiger partial charge in [-0.15, -0.1) is 11.6 Å². The van der Waals surface area contributed by atoms with E-state index in [1.165, 1.54) is 25.7 Å². The number of halogens is 2. The zero-order valence-electron chi connectivity index (χ0n) is 10.5. The van der Waals surface area contributed by atoms with Crippen molar-refractivity contribution >= 4 is 11.6 Å². The van der Waals surface area contributed by atoms with Crippen molar-refractivity contribution in [3.05, 3.63) is 0 Å². The first-order chi connectivity index (χ1) is 7.59. The molecule has 0 aromatic carbocycles. The Hall–Kier alpha value is 0.220. The van der Waals surface area contributed by atoms with Gasteiger partial charge >= 0.3 is 0 Å². The van der Waals surface area contributed by atoms with Gasteiger partial charge in [0.2, 0.25) is 0 Å². The van der Waals surface area contributed by atoms with E-state index in [2.05, 4.69) is 13.8 Å². The molecule has 0 nitrogen and oxygen atoms in total. The number of hydrogen-bond donors (Lipinski definition) is 0. The zero-order valence-corrected chi connectivity index (χ0v) is 11.2. The molecule has 0 bridgehead atoms. The minimum Gasteiger partial charge on any atom is -0.246 e. The van der Waals surface area contributed by atoms with E-state index in [1.54, 1.807) is 0 Å². The minimum atomic E-state index is -0.760. The first-order valence-electron chi connectivity index (χ1n) is 6.87. The molecule has 0 saturated heterocycles. The predicted octanol–water partition coefficient (Wildman–Crippen LogP) is 4.80. The van der Waals surface area contributed by atoms with E-state index in [9.17, 15) is 4.39 Å². The Morgan fingerprint density at radius 1 is 0.938 bits per heavy atom. The smallest absolute Gasteiger partial charge is 0.120 e. The molecule has 16 heavy (non-hydrogen) atoms. The van der Waals surface area contributed by atoms with E-state index in [0.717, 1.165) is 18.8 Å². The molecular weight excluding hydrogens is 223 g/mol. The van der Waals surface area contributed by atoms with Crippen LogP contribution in [0.15, 0.2) is 0 Å². The summed E-state index contributed by atoms with van der Waals surface area (Å²) < 4.78 is 14.2. The summed E-state index contributed by atoms with van der Waals surface area (Å²) in [6.45, 7) is 4.40. The molecule has 0 spiro atoms. The predicted molar refractivity (Wildman–Crippen MR) is 67.5 cm³/mol. The summed E-state index contributed by atoms with van der Waals surface area (Å²) in [5, 5.41) is -0.238. The fourth-order valence-corrected chi connectivity index (χ4v) is 3.85. The van der Waals surface area contributed by atoms with Crippen LogP contribution in [0, 0.1) is 23.7 Å². The Kier molecular flexibility index (Phi) is 4.15. The van der Waals surface area contributed by atoms with Crippen LogP contribution in [0.4, 0.5) is 4.39 Å². The van der Waals surface area contributed by atoms with Crippen LogP contribution in [0.1, 0.15) is 52.4 Å². The molecule has 0 radical (unpaired) electrons. The molecule has 2 saturated carbocycles. The highest BCUT2D eigenvalue weighted by Gasteiger charge is 2.40. The van der Waals surface area contributed by atoms with Crippen LogP contribution in [0.3, 0.4) is 0 Å². The van der Waals surface area contributed by atoms with Crippen molar-refractivity contribution in [1.29, 1.82) is 0 Å². The second-order valence-electron chi connectivity index (χ2n) is 6.13. The summed E-state index contributed by atoms with van der Waals surface area (Å²) in [6, 6.07) is 0. The van der Waals surface area contributed by atoms with E-state index in [4.69, 9.17) is 11.6 Å². The van der Waals surface area contributed by atoms with Gasteiger partial charge in [-0.25, -0.2) is 4.39 Å². The molecular formula is C14H24ClF. The highest BCUT2D eigenvalue weighted by molar-refractivity contribution is 6.21. The van der Waals surface area contributed by atoms with E-state index < -0.39 is 6.17 Å². The topological polar surface area (TPSA) is 0 Å². The highest BCUT2D eigenvalue weighted by Crippen LogP contribution is 2.44. The van der Waals surface area contributed by atoms with Crippen molar-refractivity contribution in [2.24, 2.45) is 23.7 Å². The van der Waals surface area contributed by atoms with Crippen molar-refractivity contribution in [1.82, 2.24) is 0 Å². The highest BCUT2D eigenvalue weighted by atomic mass is 35.5. The van der Waals surface area contributed by atoms with Gasteiger partial charge in [0, 0.05) is 0 Å². The average Bonchev–Trinajstić information content (AvgIpc) is 2.28. The van der Waals surface area contributed by atoms with Crippen molar-refractivity contribution in [3.8, 4) is 0 Å². The van der Waals surface area contributed by atoms with Crippen LogP contribution in [0.5, 0.6) is 0 Å². The Labute approximate surface area is 104 Å². The maximum Gasteiger partial charge on any atom is 0.120 e. The number of hydrogen-bond acceptors (Lipinski definition) is 0. The lowest BCUT2D eigenvalue weighted by atomic mass is 9.69. The lowest BCUT2D eigenvalue weighted by molar-refractivity contribution is 0.0680. The second kappa shape index (κ2) is 5.25. The Balaban J connectivity index is 1.94. The van der Waals surface area contributed by atoms with E-state index in [0.29, 0.717) is 11.8 Å². The third-order valence-corrected chi connectivity index (χ3v) is 5.55. The molecule has 0 amide bonds. The normalized spacial score (nSPS) is 50.2. The average molecular weight is 247 g/mol. The molecule has 0 aromatic heterocycles. The third-order valence-electron chi connectivity index (χ3n) is 4.88. The van der Waals surface area contributed by atoms with Crippen molar-refractivity contribution in [2.75, 3.05) is 0 Å². The van der Waals surface area contributed by atoms with E-state index >= 15 is 0 Å². The monoisotopic (exact) mass is 246 g/mol. The Morgan fingerprint density at radius 3 is 2.19 bits per heavy atom. The van der Waals surface area contributed by atoms with Gasteiger partial charge in [-0.2, -0.15) is 0 Å². The third kappa shape index (κ3) is 2.55. The summed E-state index contributed by atoms with van der Waals surface area (Å²) in [5.41, 5.74) is 0. The summed E-state index contributed by atoms with van der Waals surface area (Å²) >= 11 is 6.19. The minimum absolute atomic E-state index is 0.238. The quantitative estimate of drug-likeness (QED) is 0.583. The molecule has 0 aliphatic heterocycles. The zero-order chi connectivity index (χ0) is 11.7. The van der Waals surface area contributed by atoms with Gasteiger partial charge in [0.15, 0.2) is 0 Å². The standard InChI is InChI=1S/C14H24ClF/c1-9-3-6-11(7-4-9)12-8-5-10(2)13(15)14(12)16/h9-14H,3-8H2,1-2H3. The maximum atomic E-state index is 14.2. The molecule has 4 unspecified atom stereocenters. The molecule has 2 rings (SSSR count). The number of alkyl halides is 2. The van der Waals surface area contributed by atoms with Crippen LogP contribution in [0.25, 0.3) is 0 Å². The van der Waals surface area contributed by atoms with Crippen molar-refractivity contribution in [2.45, 2.75) is 63.9 Å². The van der Waals surface area contributed by atoms with Gasteiger partial charge < -0.3 is 0 Å². The van der Waals surface area contributed by atoms with Crippen LogP contribution in [-0.2, 0) is 0 Å². The van der Waals surface area contributed by atoms with Crippen molar-refractivity contribution < 1.29 is 4.39 Å². The van der Waals surface area contributed by atoms with Gasteiger partial charge in [0.25, 0.3) is 0 Å². The summed E-state index contributed by atoms with van der Waals surface area (Å²) in [7, 11) is 0. The lowest BCUT2D eigenvalue weighted by Gasteiger charge is -2.40. The van der Waals surface area contributed by atoms with E-state index in [1.807, 2.05) is 0 Å². The molecule has 0 aromatic rings. The maximum absolute atomic E-state index is 14.2. The molecule has 94 valence electrons. The van der Waals surface area contributed by atoms with E-state index in [-0.39, 0.29) is 11.3 Å². The summed E-state index contributed by atoms with van der Waals surface area (Å²) in [6.07, 6.45) is 6.45.